The molecule has 0 aliphatic rings. The molecule has 60 heavy (non-hydrogen) atoms. The summed E-state index contributed by atoms with van der Waals surface area (Å²) in [6, 6.07) is 23.5. The number of nitrogens with zero attached hydrogens (tertiary/aromatic N) is 6. The smallest absolute Gasteiger partial charge is 0.416 e. The van der Waals surface area contributed by atoms with Crippen LogP contribution in [0, 0.1) is 0 Å². The zero-order chi connectivity index (χ0) is 43.5. The first-order valence-electron chi connectivity index (χ1n) is 18.0. The molecule has 0 unspecified atom stereocenters. The zero-order valence-electron chi connectivity index (χ0n) is 33.6. The first-order valence-corrected chi connectivity index (χ1v) is 20.2. The van der Waals surface area contributed by atoms with Crippen LogP contribution < -0.4 is 33.8 Å². The summed E-state index contributed by atoms with van der Waals surface area (Å²) >= 11 is 2.15. The average Bonchev–Trinajstić information content (AvgIpc) is 3.87. The molecule has 324 valence electrons. The van der Waals surface area contributed by atoms with Crippen LogP contribution in [0.2, 0.25) is 0 Å². The van der Waals surface area contributed by atoms with Gasteiger partial charge in [0.15, 0.2) is 11.5 Å². The van der Waals surface area contributed by atoms with Crippen molar-refractivity contribution in [2.45, 2.75) is 12.4 Å². The van der Waals surface area contributed by atoms with E-state index in [1.165, 1.54) is 36.7 Å². The molecule has 6 rings (SSSR count). The Bertz CT molecular complexity index is 2210. The topological polar surface area (TPSA) is 102 Å². The van der Waals surface area contributed by atoms with Gasteiger partial charge in [-0.05, 0) is 91.8 Å². The summed E-state index contributed by atoms with van der Waals surface area (Å²) in [7, 11) is 9.88. The van der Waals surface area contributed by atoms with E-state index in [0.29, 0.717) is 64.7 Å². The molecule has 2 N–H and O–H groups in total. The zero-order valence-corrected chi connectivity index (χ0v) is 38.0. The Balaban J connectivity index is 0.000000303. The van der Waals surface area contributed by atoms with Gasteiger partial charge in [-0.15, -0.1) is 0 Å². The van der Waals surface area contributed by atoms with Crippen molar-refractivity contribution in [3.8, 4) is 34.1 Å². The molecule has 18 heteroatoms. The quantitative estimate of drug-likeness (QED) is 0.0553. The number of phenolic OH excluding ortho intramolecular Hbond substituents is 2. The summed E-state index contributed by atoms with van der Waals surface area (Å²) in [6.07, 6.45) is -5.72. The number of aromatic nitrogens is 2. The largest absolute Gasteiger partial charge is 1.00 e. The Hall–Kier alpha value is -4.54. The minimum Gasteiger partial charge on any atom is -1.00 e. The lowest BCUT2D eigenvalue weighted by atomic mass is 10.2. The first-order chi connectivity index (χ1) is 27.8. The van der Waals surface area contributed by atoms with Crippen molar-refractivity contribution in [1.82, 2.24) is 14.9 Å². The number of halogens is 8. The monoisotopic (exact) mass is 1070 g/mol. The highest BCUT2D eigenvalue weighted by Crippen LogP contribution is 2.36. The molecule has 0 atom stereocenters. The number of quaternary nitrogens is 1. The van der Waals surface area contributed by atoms with Gasteiger partial charge in [-0.1, -0.05) is 46.9 Å². The lowest BCUT2D eigenvalue weighted by Gasteiger charge is -2.28. The van der Waals surface area contributed by atoms with Crippen LogP contribution in [0.15, 0.2) is 118 Å². The van der Waals surface area contributed by atoms with Gasteiger partial charge in [-0.3, -0.25) is 9.80 Å². The molecule has 4 aromatic carbocycles. The molecule has 0 saturated carbocycles. The third-order valence-corrected chi connectivity index (χ3v) is 8.49. The molecule has 0 amide bonds. The Morgan fingerprint density at radius 2 is 0.983 bits per heavy atom. The van der Waals surface area contributed by atoms with Gasteiger partial charge >= 0.3 is 24.4 Å². The fraction of sp³-hybridized carbons (Fsp3) is 0.286. The number of likely N-dealkylation sites (N-methyl/N-ethyl adjacent to an activating group) is 2. The van der Waals surface area contributed by atoms with Gasteiger partial charge in [0.1, 0.15) is 11.5 Å². The summed E-state index contributed by atoms with van der Waals surface area (Å²) in [5.74, 6) is 1.11. The van der Waals surface area contributed by atoms with Crippen LogP contribution in [0.1, 0.15) is 11.1 Å². The highest BCUT2D eigenvalue weighted by atomic mass is 127. The molecule has 0 aliphatic carbocycles. The highest BCUT2D eigenvalue weighted by Gasteiger charge is 2.31. The van der Waals surface area contributed by atoms with E-state index in [9.17, 15) is 36.6 Å². The molecule has 0 saturated heterocycles. The fourth-order valence-electron chi connectivity index (χ4n) is 5.40. The number of benzene rings is 4. The van der Waals surface area contributed by atoms with E-state index in [0.717, 1.165) is 24.3 Å². The number of rotatable bonds is 12. The summed E-state index contributed by atoms with van der Waals surface area (Å²) in [5.41, 5.74) is 0.980. The minimum atomic E-state index is -4.39. The molecule has 0 radical (unpaired) electrons. The second-order valence-corrected chi connectivity index (χ2v) is 14.3. The van der Waals surface area contributed by atoms with Gasteiger partial charge in [0.05, 0.1) is 57.8 Å². The molecule has 0 fully saturated rings. The van der Waals surface area contributed by atoms with Crippen molar-refractivity contribution in [2.24, 2.45) is 0 Å². The van der Waals surface area contributed by atoms with E-state index in [1.54, 1.807) is 58.3 Å². The normalized spacial score (nSPS) is 11.5. The Morgan fingerprint density at radius 3 is 1.32 bits per heavy atom. The number of anilines is 4. The third-order valence-electron chi connectivity index (χ3n) is 8.49. The fourth-order valence-corrected chi connectivity index (χ4v) is 5.40. The second-order valence-electron chi connectivity index (χ2n) is 14.3. The molecule has 2 aromatic heterocycles. The van der Waals surface area contributed by atoms with Crippen LogP contribution in [0.5, 0.6) is 11.5 Å². The van der Waals surface area contributed by atoms with Crippen LogP contribution >= 0.6 is 22.6 Å². The summed E-state index contributed by atoms with van der Waals surface area (Å²) in [6.45, 7) is 2.32. The number of alkyl halides is 7. The van der Waals surface area contributed by atoms with E-state index < -0.39 is 23.5 Å². The number of oxazole rings is 2. The van der Waals surface area contributed by atoms with E-state index in [-0.39, 0.29) is 47.5 Å². The standard InChI is InChI=1S/C21H22F3N3O2.C20H20F3N3O2.CH3I.HI/c1-27(2,3)12-11-26(17-9-7-16(8-10-17)21(22,23)24)20-25-14-19(29-20)15-5-4-6-18(28)13-15;1-25(2)10-11-26(16-8-6-15(7-9-16)20(21,22)23)19-24-13-18(28-19)14-4-3-5-17(27)12-14;1-2;/h4-10,13-14H,11-12H2,1-3H3;3-9,12-13,27H,10-11H2,1-2H3;1H3;1H. The van der Waals surface area contributed by atoms with Crippen LogP contribution in [0.3, 0.4) is 0 Å². The van der Waals surface area contributed by atoms with Crippen molar-refractivity contribution in [1.29, 1.82) is 0 Å². The van der Waals surface area contributed by atoms with E-state index >= 15 is 0 Å². The van der Waals surface area contributed by atoms with Gasteiger partial charge in [0.2, 0.25) is 0 Å². The number of phenols is 2. The molecule has 10 nitrogen and oxygen atoms in total. The SMILES string of the molecule is CI.CN(C)CCN(c1ccc(C(F)(F)F)cc1)c1ncc(-c2cccc(O)c2)o1.C[N+](C)(C)CCN(c1ccc(C(F)(F)F)cc1)c1ncc(-c2cccc(O)c2)o1.[I-]. The molecule has 2 heterocycles. The molecular weight excluding hydrogens is 1020 g/mol. The lowest BCUT2D eigenvalue weighted by Crippen LogP contribution is -3.00. The van der Waals surface area contributed by atoms with Crippen LogP contribution in [-0.4, -0.2) is 95.9 Å². The maximum absolute atomic E-state index is 12.9. The Morgan fingerprint density at radius 1 is 0.600 bits per heavy atom. The van der Waals surface area contributed by atoms with Gasteiger partial charge in [-0.25, -0.2) is 9.97 Å². The van der Waals surface area contributed by atoms with Crippen molar-refractivity contribution in [3.05, 3.63) is 121 Å². The van der Waals surface area contributed by atoms with Crippen molar-refractivity contribution in [3.63, 3.8) is 0 Å². The van der Waals surface area contributed by atoms with E-state index in [4.69, 9.17) is 8.83 Å². The highest BCUT2D eigenvalue weighted by molar-refractivity contribution is 14.1. The van der Waals surface area contributed by atoms with Gasteiger partial charge in [-0.2, -0.15) is 26.3 Å². The van der Waals surface area contributed by atoms with Crippen molar-refractivity contribution < 1.29 is 73.8 Å². The maximum atomic E-state index is 12.9. The maximum Gasteiger partial charge on any atom is 0.416 e. The number of hydrogen-bond donors (Lipinski definition) is 2. The predicted molar refractivity (Wildman–Crippen MR) is 226 cm³/mol. The molecule has 0 spiro atoms. The van der Waals surface area contributed by atoms with Gasteiger partial charge in [0, 0.05) is 35.6 Å². The average molecular weight is 1070 g/mol. The second kappa shape index (κ2) is 21.8. The molecule has 0 aliphatic heterocycles. The summed E-state index contributed by atoms with van der Waals surface area (Å²) < 4.78 is 89.6. The van der Waals surface area contributed by atoms with Crippen LogP contribution in [0.4, 0.5) is 49.7 Å². The Kier molecular flexibility index (Phi) is 18.1. The summed E-state index contributed by atoms with van der Waals surface area (Å²) in [5, 5.41) is 19.3. The van der Waals surface area contributed by atoms with Crippen LogP contribution in [-0.2, 0) is 12.4 Å². The molecular formula is C42H46F6I2N6O4. The number of aromatic hydroxyl groups is 2. The van der Waals surface area contributed by atoms with E-state index in [1.807, 2.05) is 45.1 Å². The lowest BCUT2D eigenvalue weighted by molar-refractivity contribution is -0.868. The third kappa shape index (κ3) is 14.6. The van der Waals surface area contributed by atoms with Crippen molar-refractivity contribution >= 4 is 46.0 Å². The Labute approximate surface area is 375 Å². The summed E-state index contributed by atoms with van der Waals surface area (Å²) in [4.78, 5) is 16.0. The van der Waals surface area contributed by atoms with Gasteiger partial charge < -0.3 is 52.4 Å². The molecule has 6 aromatic rings. The molecule has 0 bridgehead atoms. The van der Waals surface area contributed by atoms with Gasteiger partial charge in [0.25, 0.3) is 0 Å². The van der Waals surface area contributed by atoms with Crippen LogP contribution in [0.25, 0.3) is 22.6 Å². The number of hydrogen-bond acceptors (Lipinski definition) is 9. The predicted octanol–water partition coefficient (Wildman–Crippen LogP) is 7.73. The van der Waals surface area contributed by atoms with Crippen molar-refractivity contribution in [2.75, 3.05) is 76.1 Å². The first kappa shape index (κ1) is 49.8. The minimum absolute atomic E-state index is 0. The van der Waals surface area contributed by atoms with E-state index in [2.05, 4.69) is 32.6 Å².